The molecule has 0 aliphatic carbocycles. The average Bonchev–Trinajstić information content (AvgIpc) is 3.01. The normalized spacial score (nSPS) is 20.7. The Morgan fingerprint density at radius 2 is 2.33 bits per heavy atom. The highest BCUT2D eigenvalue weighted by atomic mass is 15.3. The summed E-state index contributed by atoms with van der Waals surface area (Å²) in [5, 5.41) is 4.59. The largest absolute Gasteiger partial charge is 0.348 e. The van der Waals surface area contributed by atoms with Crippen molar-refractivity contribution in [1.82, 2.24) is 24.6 Å². The monoisotopic (exact) mass is 245 g/mol. The molecule has 18 heavy (non-hydrogen) atoms. The quantitative estimate of drug-likeness (QED) is 0.895. The minimum absolute atomic E-state index is 0.508. The molecule has 1 N–H and O–H groups in total. The van der Waals surface area contributed by atoms with Gasteiger partial charge in [-0.25, -0.2) is 4.98 Å². The SMILES string of the molecule is Cc1cc(C)n([C@H]2CCN(Cc3ncc[nH]3)C2)n1. The van der Waals surface area contributed by atoms with Gasteiger partial charge in [-0.1, -0.05) is 0 Å². The molecule has 1 fully saturated rings. The fourth-order valence-corrected chi connectivity index (χ4v) is 2.77. The number of imidazole rings is 1. The highest BCUT2D eigenvalue weighted by molar-refractivity contribution is 5.08. The zero-order valence-electron chi connectivity index (χ0n) is 10.9. The topological polar surface area (TPSA) is 49.7 Å². The maximum Gasteiger partial charge on any atom is 0.120 e. The van der Waals surface area contributed by atoms with Crippen LogP contribution in [0.1, 0.15) is 29.7 Å². The highest BCUT2D eigenvalue weighted by Crippen LogP contribution is 2.23. The third kappa shape index (κ3) is 2.18. The van der Waals surface area contributed by atoms with Crippen LogP contribution in [0.4, 0.5) is 0 Å². The maximum absolute atomic E-state index is 4.59. The lowest BCUT2D eigenvalue weighted by atomic mass is 10.2. The Morgan fingerprint density at radius 3 is 3.00 bits per heavy atom. The Hall–Kier alpha value is -1.62. The van der Waals surface area contributed by atoms with Crippen LogP contribution in [-0.2, 0) is 6.54 Å². The predicted molar refractivity (Wildman–Crippen MR) is 69.2 cm³/mol. The van der Waals surface area contributed by atoms with E-state index in [1.54, 1.807) is 0 Å². The number of aromatic amines is 1. The second-order valence-corrected chi connectivity index (χ2v) is 5.09. The molecular weight excluding hydrogens is 226 g/mol. The summed E-state index contributed by atoms with van der Waals surface area (Å²) < 4.78 is 2.18. The van der Waals surface area contributed by atoms with Crippen LogP contribution in [0, 0.1) is 13.8 Å². The van der Waals surface area contributed by atoms with Gasteiger partial charge >= 0.3 is 0 Å². The summed E-state index contributed by atoms with van der Waals surface area (Å²) in [6.07, 6.45) is 4.86. The maximum atomic E-state index is 4.59. The minimum atomic E-state index is 0.508. The first-order valence-electron chi connectivity index (χ1n) is 6.46. The molecule has 1 atom stereocenters. The van der Waals surface area contributed by atoms with Crippen molar-refractivity contribution in [3.8, 4) is 0 Å². The van der Waals surface area contributed by atoms with E-state index in [1.807, 2.05) is 12.4 Å². The van der Waals surface area contributed by atoms with Crippen LogP contribution in [0.3, 0.4) is 0 Å². The summed E-state index contributed by atoms with van der Waals surface area (Å²) in [6.45, 7) is 7.27. The summed E-state index contributed by atoms with van der Waals surface area (Å²) in [5.74, 6) is 1.05. The van der Waals surface area contributed by atoms with Gasteiger partial charge in [0, 0.05) is 31.2 Å². The van der Waals surface area contributed by atoms with Gasteiger partial charge < -0.3 is 4.98 Å². The molecule has 96 valence electrons. The fraction of sp³-hybridized carbons (Fsp3) is 0.538. The van der Waals surface area contributed by atoms with Gasteiger partial charge in [0.05, 0.1) is 18.3 Å². The zero-order chi connectivity index (χ0) is 12.5. The molecular formula is C13H19N5. The van der Waals surface area contributed by atoms with Crippen molar-refractivity contribution in [2.75, 3.05) is 13.1 Å². The standard InChI is InChI=1S/C13H19N5/c1-10-7-11(2)18(16-10)12-3-6-17(8-12)9-13-14-4-5-15-13/h4-5,7,12H,3,6,8-9H2,1-2H3,(H,14,15)/t12-/m0/s1. The van der Waals surface area contributed by atoms with Crippen molar-refractivity contribution >= 4 is 0 Å². The number of H-pyrrole nitrogens is 1. The van der Waals surface area contributed by atoms with Gasteiger partial charge in [-0.3, -0.25) is 9.58 Å². The first-order valence-corrected chi connectivity index (χ1v) is 6.46. The van der Waals surface area contributed by atoms with E-state index in [0.29, 0.717) is 6.04 Å². The van der Waals surface area contributed by atoms with Crippen molar-refractivity contribution in [3.63, 3.8) is 0 Å². The number of rotatable bonds is 3. The third-order valence-corrected chi connectivity index (χ3v) is 3.57. The number of aryl methyl sites for hydroxylation is 2. The lowest BCUT2D eigenvalue weighted by molar-refractivity contribution is 0.304. The Labute approximate surface area is 107 Å². The predicted octanol–water partition coefficient (Wildman–Crippen LogP) is 1.67. The van der Waals surface area contributed by atoms with Crippen molar-refractivity contribution < 1.29 is 0 Å². The van der Waals surface area contributed by atoms with E-state index < -0.39 is 0 Å². The number of nitrogens with one attached hydrogen (secondary N) is 1. The number of likely N-dealkylation sites (tertiary alicyclic amines) is 1. The molecule has 0 amide bonds. The second kappa shape index (κ2) is 4.57. The van der Waals surface area contributed by atoms with Gasteiger partial charge in [0.2, 0.25) is 0 Å². The summed E-state index contributed by atoms with van der Waals surface area (Å²) in [4.78, 5) is 9.87. The third-order valence-electron chi connectivity index (χ3n) is 3.57. The van der Waals surface area contributed by atoms with Crippen LogP contribution in [0.15, 0.2) is 18.5 Å². The molecule has 1 saturated heterocycles. The zero-order valence-corrected chi connectivity index (χ0v) is 10.9. The van der Waals surface area contributed by atoms with Crippen molar-refractivity contribution in [2.24, 2.45) is 0 Å². The van der Waals surface area contributed by atoms with Crippen molar-refractivity contribution in [1.29, 1.82) is 0 Å². The molecule has 5 nitrogen and oxygen atoms in total. The first-order chi connectivity index (χ1) is 8.72. The Kier molecular flexibility index (Phi) is 2.91. The molecule has 0 bridgehead atoms. The van der Waals surface area contributed by atoms with Gasteiger partial charge in [0.1, 0.15) is 5.82 Å². The number of hydrogen-bond donors (Lipinski definition) is 1. The van der Waals surface area contributed by atoms with E-state index in [4.69, 9.17) is 0 Å². The van der Waals surface area contributed by atoms with Crippen molar-refractivity contribution in [2.45, 2.75) is 32.9 Å². The van der Waals surface area contributed by atoms with E-state index >= 15 is 0 Å². The molecule has 3 rings (SSSR count). The van der Waals surface area contributed by atoms with E-state index in [1.165, 1.54) is 12.1 Å². The van der Waals surface area contributed by atoms with Crippen LogP contribution in [0.25, 0.3) is 0 Å². The Bertz CT molecular complexity index is 513. The lowest BCUT2D eigenvalue weighted by Crippen LogP contribution is -2.22. The molecule has 1 aliphatic rings. The van der Waals surface area contributed by atoms with Crippen LogP contribution >= 0.6 is 0 Å². The van der Waals surface area contributed by atoms with Gasteiger partial charge in [0.15, 0.2) is 0 Å². The molecule has 5 heteroatoms. The van der Waals surface area contributed by atoms with Crippen LogP contribution in [0.5, 0.6) is 0 Å². The van der Waals surface area contributed by atoms with Gasteiger partial charge in [-0.2, -0.15) is 5.10 Å². The molecule has 1 aliphatic heterocycles. The van der Waals surface area contributed by atoms with Gasteiger partial charge in [-0.15, -0.1) is 0 Å². The fourth-order valence-electron chi connectivity index (χ4n) is 2.77. The van der Waals surface area contributed by atoms with Gasteiger partial charge in [-0.05, 0) is 26.3 Å². The Balaban J connectivity index is 1.66. The van der Waals surface area contributed by atoms with Crippen molar-refractivity contribution in [3.05, 3.63) is 35.7 Å². The first kappa shape index (κ1) is 11.5. The summed E-state index contributed by atoms with van der Waals surface area (Å²) in [7, 11) is 0. The molecule has 0 unspecified atom stereocenters. The molecule has 3 heterocycles. The molecule has 2 aromatic rings. The molecule has 0 aromatic carbocycles. The molecule has 0 spiro atoms. The average molecular weight is 245 g/mol. The summed E-state index contributed by atoms with van der Waals surface area (Å²) in [6, 6.07) is 2.66. The van der Waals surface area contributed by atoms with E-state index in [-0.39, 0.29) is 0 Å². The van der Waals surface area contributed by atoms with Crippen LogP contribution in [-0.4, -0.2) is 37.7 Å². The van der Waals surface area contributed by atoms with Crippen LogP contribution < -0.4 is 0 Å². The number of nitrogens with zero attached hydrogens (tertiary/aromatic N) is 4. The van der Waals surface area contributed by atoms with Crippen LogP contribution in [0.2, 0.25) is 0 Å². The Morgan fingerprint density at radius 1 is 1.44 bits per heavy atom. The van der Waals surface area contributed by atoms with E-state index in [9.17, 15) is 0 Å². The summed E-state index contributed by atoms with van der Waals surface area (Å²) >= 11 is 0. The number of hydrogen-bond acceptors (Lipinski definition) is 3. The van der Waals surface area contributed by atoms with E-state index in [2.05, 4.69) is 44.6 Å². The minimum Gasteiger partial charge on any atom is -0.348 e. The lowest BCUT2D eigenvalue weighted by Gasteiger charge is -2.15. The number of aromatic nitrogens is 4. The van der Waals surface area contributed by atoms with E-state index in [0.717, 1.165) is 31.2 Å². The van der Waals surface area contributed by atoms with Gasteiger partial charge in [0.25, 0.3) is 0 Å². The summed E-state index contributed by atoms with van der Waals surface area (Å²) in [5.41, 5.74) is 2.37. The molecule has 2 aromatic heterocycles. The molecule has 0 saturated carbocycles. The smallest absolute Gasteiger partial charge is 0.120 e. The molecule has 0 radical (unpaired) electrons. The second-order valence-electron chi connectivity index (χ2n) is 5.09. The highest BCUT2D eigenvalue weighted by Gasteiger charge is 2.25.